The summed E-state index contributed by atoms with van der Waals surface area (Å²) >= 11 is 0. The van der Waals surface area contributed by atoms with E-state index in [4.69, 9.17) is 5.11 Å². The summed E-state index contributed by atoms with van der Waals surface area (Å²) in [4.78, 5) is 10.7. The summed E-state index contributed by atoms with van der Waals surface area (Å²) in [6.45, 7) is 2.76. The number of hydrogen-bond donors (Lipinski definition) is 2. The van der Waals surface area contributed by atoms with Gasteiger partial charge in [-0.3, -0.25) is 0 Å². The number of nitrogens with one attached hydrogen (secondary N) is 1. The Kier molecular flexibility index (Phi) is 3.66. The molecule has 0 bridgehead atoms. The summed E-state index contributed by atoms with van der Waals surface area (Å²) in [5.74, 6) is -1.90. The average Bonchev–Trinajstić information content (AvgIpc) is 2.74. The molecule has 4 heteroatoms. The second-order valence-electron chi connectivity index (χ2n) is 5.24. The van der Waals surface area contributed by atoms with E-state index < -0.39 is 11.8 Å². The van der Waals surface area contributed by atoms with Crippen LogP contribution >= 0.6 is 0 Å². The maximum atomic E-state index is 13.5. The number of aromatic carboxylic acids is 1. The summed E-state index contributed by atoms with van der Waals surface area (Å²) in [6.07, 6.45) is 4.75. The first-order valence-corrected chi connectivity index (χ1v) is 6.27. The summed E-state index contributed by atoms with van der Waals surface area (Å²) in [5.41, 5.74) is 0.651. The van der Waals surface area contributed by atoms with Crippen LogP contribution < -0.4 is 5.32 Å². The fourth-order valence-electron chi connectivity index (χ4n) is 2.49. The van der Waals surface area contributed by atoms with Crippen molar-refractivity contribution in [2.24, 2.45) is 0 Å². The van der Waals surface area contributed by atoms with Crippen molar-refractivity contribution in [2.75, 3.05) is 0 Å². The van der Waals surface area contributed by atoms with Crippen molar-refractivity contribution < 1.29 is 14.3 Å². The van der Waals surface area contributed by atoms with Gasteiger partial charge in [-0.2, -0.15) is 0 Å². The van der Waals surface area contributed by atoms with Crippen LogP contribution in [-0.2, 0) is 6.54 Å². The third-order valence-corrected chi connectivity index (χ3v) is 3.69. The number of halogens is 1. The van der Waals surface area contributed by atoms with Crippen LogP contribution in [0.1, 0.15) is 48.5 Å². The molecule has 1 fully saturated rings. The van der Waals surface area contributed by atoms with Crippen molar-refractivity contribution in [1.82, 2.24) is 5.32 Å². The molecule has 3 nitrogen and oxygen atoms in total. The molecule has 0 radical (unpaired) electrons. The first kappa shape index (κ1) is 13.0. The minimum atomic E-state index is -1.23. The zero-order chi connectivity index (χ0) is 13.2. The van der Waals surface area contributed by atoms with E-state index in [1.54, 1.807) is 6.07 Å². The summed E-state index contributed by atoms with van der Waals surface area (Å²) in [5, 5.41) is 12.2. The van der Waals surface area contributed by atoms with Crippen molar-refractivity contribution >= 4 is 5.97 Å². The number of carbonyl (C=O) groups is 1. The van der Waals surface area contributed by atoms with Gasteiger partial charge in [-0.15, -0.1) is 0 Å². The lowest BCUT2D eigenvalue weighted by Gasteiger charge is -2.25. The minimum absolute atomic E-state index is 0.141. The highest BCUT2D eigenvalue weighted by Crippen LogP contribution is 2.29. The Labute approximate surface area is 106 Å². The number of carboxylic acid groups (broad SMARTS) is 1. The number of benzene rings is 1. The van der Waals surface area contributed by atoms with Crippen molar-refractivity contribution in [3.05, 3.63) is 35.1 Å². The zero-order valence-electron chi connectivity index (χ0n) is 10.5. The maximum Gasteiger partial charge on any atom is 0.338 e. The average molecular weight is 251 g/mol. The molecular formula is C14H18FNO2. The fraction of sp³-hybridized carbons (Fsp3) is 0.500. The largest absolute Gasteiger partial charge is 0.478 e. The summed E-state index contributed by atoms with van der Waals surface area (Å²) in [7, 11) is 0. The van der Waals surface area contributed by atoms with Crippen LogP contribution in [0.4, 0.5) is 4.39 Å². The van der Waals surface area contributed by atoms with E-state index in [1.165, 1.54) is 25.0 Å². The van der Waals surface area contributed by atoms with E-state index in [1.807, 2.05) is 0 Å². The molecule has 2 N–H and O–H groups in total. The van der Waals surface area contributed by atoms with Gasteiger partial charge in [0.05, 0.1) is 5.56 Å². The van der Waals surface area contributed by atoms with Gasteiger partial charge >= 0.3 is 5.97 Å². The first-order valence-electron chi connectivity index (χ1n) is 6.27. The third-order valence-electron chi connectivity index (χ3n) is 3.69. The molecule has 0 atom stereocenters. The molecule has 1 aromatic carbocycles. The molecular weight excluding hydrogens is 233 g/mol. The highest BCUT2D eigenvalue weighted by Gasteiger charge is 2.27. The van der Waals surface area contributed by atoms with Crippen molar-refractivity contribution in [1.29, 1.82) is 0 Å². The lowest BCUT2D eigenvalue weighted by Crippen LogP contribution is -2.38. The predicted molar refractivity (Wildman–Crippen MR) is 67.1 cm³/mol. The molecule has 0 spiro atoms. The number of carboxylic acids is 1. The maximum absolute atomic E-state index is 13.5. The Morgan fingerprint density at radius 1 is 1.44 bits per heavy atom. The SMILES string of the molecule is CC1(NCc2ccc(C(=O)O)c(F)c2)CCCC1. The zero-order valence-corrected chi connectivity index (χ0v) is 10.5. The Balaban J connectivity index is 2.02. The van der Waals surface area contributed by atoms with Gasteiger partial charge in [0.2, 0.25) is 0 Å². The second-order valence-corrected chi connectivity index (χ2v) is 5.24. The normalized spacial score (nSPS) is 17.9. The minimum Gasteiger partial charge on any atom is -0.478 e. The predicted octanol–water partition coefficient (Wildman–Crippen LogP) is 2.95. The van der Waals surface area contributed by atoms with Gasteiger partial charge in [0.15, 0.2) is 0 Å². The van der Waals surface area contributed by atoms with Gasteiger partial charge in [0.25, 0.3) is 0 Å². The quantitative estimate of drug-likeness (QED) is 0.865. The van der Waals surface area contributed by atoms with Crippen molar-refractivity contribution in [3.8, 4) is 0 Å². The van der Waals surface area contributed by atoms with Crippen molar-refractivity contribution in [3.63, 3.8) is 0 Å². The van der Waals surface area contributed by atoms with Crippen LogP contribution in [0.2, 0.25) is 0 Å². The summed E-state index contributed by atoms with van der Waals surface area (Å²) < 4.78 is 13.5. The Morgan fingerprint density at radius 2 is 2.11 bits per heavy atom. The van der Waals surface area contributed by atoms with Crippen LogP contribution in [0.3, 0.4) is 0 Å². The molecule has 1 aliphatic carbocycles. The van der Waals surface area contributed by atoms with Crippen LogP contribution in [0.5, 0.6) is 0 Å². The number of rotatable bonds is 4. The highest BCUT2D eigenvalue weighted by molar-refractivity contribution is 5.87. The van der Waals surface area contributed by atoms with Gasteiger partial charge in [0, 0.05) is 12.1 Å². The molecule has 0 saturated heterocycles. The molecule has 98 valence electrons. The van der Waals surface area contributed by atoms with E-state index in [0.717, 1.165) is 18.4 Å². The molecule has 1 aromatic rings. The molecule has 0 unspecified atom stereocenters. The Bertz CT molecular complexity index is 453. The molecule has 1 saturated carbocycles. The monoisotopic (exact) mass is 251 g/mol. The molecule has 0 heterocycles. The topological polar surface area (TPSA) is 49.3 Å². The van der Waals surface area contributed by atoms with Crippen LogP contribution in [0, 0.1) is 5.82 Å². The van der Waals surface area contributed by atoms with E-state index in [0.29, 0.717) is 6.54 Å². The third kappa shape index (κ3) is 2.88. The highest BCUT2D eigenvalue weighted by atomic mass is 19.1. The molecule has 0 aliphatic heterocycles. The van der Waals surface area contributed by atoms with Crippen LogP contribution in [0.15, 0.2) is 18.2 Å². The fourth-order valence-corrected chi connectivity index (χ4v) is 2.49. The Morgan fingerprint density at radius 3 is 2.67 bits per heavy atom. The number of hydrogen-bond acceptors (Lipinski definition) is 2. The van der Waals surface area contributed by atoms with Crippen LogP contribution in [0.25, 0.3) is 0 Å². The molecule has 1 aliphatic rings. The van der Waals surface area contributed by atoms with Crippen molar-refractivity contribution in [2.45, 2.75) is 44.7 Å². The molecule has 18 heavy (non-hydrogen) atoms. The van der Waals surface area contributed by atoms with Gasteiger partial charge in [0.1, 0.15) is 5.82 Å². The molecule has 0 amide bonds. The molecule has 2 rings (SSSR count). The first-order chi connectivity index (χ1) is 8.50. The van der Waals surface area contributed by atoms with Gasteiger partial charge in [-0.05, 0) is 37.5 Å². The van der Waals surface area contributed by atoms with E-state index in [9.17, 15) is 9.18 Å². The van der Waals surface area contributed by atoms with E-state index in [-0.39, 0.29) is 11.1 Å². The van der Waals surface area contributed by atoms with Crippen LogP contribution in [-0.4, -0.2) is 16.6 Å². The van der Waals surface area contributed by atoms with Gasteiger partial charge < -0.3 is 10.4 Å². The van der Waals surface area contributed by atoms with E-state index >= 15 is 0 Å². The van der Waals surface area contributed by atoms with E-state index in [2.05, 4.69) is 12.2 Å². The second kappa shape index (κ2) is 5.06. The smallest absolute Gasteiger partial charge is 0.338 e. The lowest BCUT2D eigenvalue weighted by molar-refractivity contribution is 0.0692. The standard InChI is InChI=1S/C14H18FNO2/c1-14(6-2-3-7-14)16-9-10-4-5-11(13(17)18)12(15)8-10/h4-5,8,16H,2-3,6-7,9H2,1H3,(H,17,18). The van der Waals surface area contributed by atoms with Gasteiger partial charge in [-0.25, -0.2) is 9.18 Å². The van der Waals surface area contributed by atoms with Gasteiger partial charge in [-0.1, -0.05) is 18.9 Å². The lowest BCUT2D eigenvalue weighted by atomic mass is 10.00. The Hall–Kier alpha value is -1.42. The molecule has 0 aromatic heterocycles. The summed E-state index contributed by atoms with van der Waals surface area (Å²) in [6, 6.07) is 4.29.